The number of hydrogen-bond donors (Lipinski definition) is 2. The van der Waals surface area contributed by atoms with E-state index in [4.69, 9.17) is 4.74 Å². The molecule has 0 spiro atoms. The number of amides is 3. The van der Waals surface area contributed by atoms with E-state index in [9.17, 15) is 19.2 Å². The number of hydrogen-bond acceptors (Lipinski definition) is 6. The first-order chi connectivity index (χ1) is 13.9. The maximum Gasteiger partial charge on any atom is 0.338 e. The number of carbonyl (C=O) groups is 3. The summed E-state index contributed by atoms with van der Waals surface area (Å²) >= 11 is 0. The molecule has 0 aliphatic carbocycles. The zero-order valence-electron chi connectivity index (χ0n) is 16.5. The van der Waals surface area contributed by atoms with Gasteiger partial charge in [0, 0.05) is 20.0 Å². The smallest absolute Gasteiger partial charge is 0.338 e. The summed E-state index contributed by atoms with van der Waals surface area (Å²) < 4.78 is 6.86. The summed E-state index contributed by atoms with van der Waals surface area (Å²) in [5.41, 5.74) is 0.503. The fourth-order valence-electron chi connectivity index (χ4n) is 3.28. The van der Waals surface area contributed by atoms with E-state index in [2.05, 4.69) is 10.3 Å². The number of urea groups is 1. The van der Waals surface area contributed by atoms with Crippen molar-refractivity contribution in [3.8, 4) is 0 Å². The average molecular weight is 400 g/mol. The Morgan fingerprint density at radius 3 is 2.69 bits per heavy atom. The zero-order valence-corrected chi connectivity index (χ0v) is 16.5. The number of nitrogens with zero attached hydrogens (tertiary/aromatic N) is 2. The molecule has 2 N–H and O–H groups in total. The SMILES string of the molecule is CNC(=O)NC(=O)C(C)OC(=O)c1ccc2c(=O)n3c(nc2c1)CCCCCC3. The number of ether oxygens (including phenoxy) is 1. The topological polar surface area (TPSA) is 119 Å². The minimum absolute atomic E-state index is 0.106. The van der Waals surface area contributed by atoms with Crippen molar-refractivity contribution in [1.29, 1.82) is 0 Å². The fraction of sp³-hybridized carbons (Fsp3) is 0.450. The van der Waals surface area contributed by atoms with Gasteiger partial charge >= 0.3 is 12.0 Å². The lowest BCUT2D eigenvalue weighted by molar-refractivity contribution is -0.127. The number of aryl methyl sites for hydroxylation is 1. The van der Waals surface area contributed by atoms with Crippen LogP contribution in [0.4, 0.5) is 4.79 Å². The van der Waals surface area contributed by atoms with Gasteiger partial charge in [0.15, 0.2) is 6.10 Å². The maximum atomic E-state index is 12.8. The van der Waals surface area contributed by atoms with Crippen molar-refractivity contribution in [2.24, 2.45) is 0 Å². The lowest BCUT2D eigenvalue weighted by atomic mass is 10.1. The normalized spacial score (nSPS) is 14.8. The van der Waals surface area contributed by atoms with Crippen molar-refractivity contribution in [3.63, 3.8) is 0 Å². The van der Waals surface area contributed by atoms with Gasteiger partial charge in [-0.3, -0.25) is 19.5 Å². The van der Waals surface area contributed by atoms with Crippen LogP contribution < -0.4 is 16.2 Å². The summed E-state index contributed by atoms with van der Waals surface area (Å²) in [6.07, 6.45) is 3.68. The summed E-state index contributed by atoms with van der Waals surface area (Å²) in [6, 6.07) is 3.85. The van der Waals surface area contributed by atoms with Crippen molar-refractivity contribution in [3.05, 3.63) is 39.9 Å². The number of carbonyl (C=O) groups excluding carboxylic acids is 3. The minimum atomic E-state index is -1.16. The Balaban J connectivity index is 1.84. The summed E-state index contributed by atoms with van der Waals surface area (Å²) in [4.78, 5) is 52.9. The second kappa shape index (κ2) is 8.85. The number of imide groups is 1. The monoisotopic (exact) mass is 400 g/mol. The van der Waals surface area contributed by atoms with Gasteiger partial charge in [0.05, 0.1) is 16.5 Å². The van der Waals surface area contributed by atoms with Crippen LogP contribution in [0.5, 0.6) is 0 Å². The van der Waals surface area contributed by atoms with E-state index in [1.807, 2.05) is 5.32 Å². The zero-order chi connectivity index (χ0) is 21.0. The minimum Gasteiger partial charge on any atom is -0.449 e. The first-order valence-corrected chi connectivity index (χ1v) is 9.67. The molecule has 3 rings (SSSR count). The number of benzene rings is 1. The third-order valence-corrected chi connectivity index (χ3v) is 4.92. The van der Waals surface area contributed by atoms with E-state index in [0.717, 1.165) is 37.9 Å². The van der Waals surface area contributed by atoms with E-state index in [0.29, 0.717) is 17.4 Å². The highest BCUT2D eigenvalue weighted by Gasteiger charge is 2.21. The van der Waals surface area contributed by atoms with Gasteiger partial charge in [-0.15, -0.1) is 0 Å². The molecule has 1 aromatic carbocycles. The highest BCUT2D eigenvalue weighted by atomic mass is 16.5. The molecule has 0 fully saturated rings. The molecule has 9 nitrogen and oxygen atoms in total. The third-order valence-electron chi connectivity index (χ3n) is 4.92. The largest absolute Gasteiger partial charge is 0.449 e. The molecule has 2 heterocycles. The first kappa shape index (κ1) is 20.5. The van der Waals surface area contributed by atoms with Crippen LogP contribution in [-0.2, 0) is 22.5 Å². The molecule has 0 saturated heterocycles. The molecule has 9 heteroatoms. The first-order valence-electron chi connectivity index (χ1n) is 9.67. The van der Waals surface area contributed by atoms with Gasteiger partial charge in [-0.2, -0.15) is 0 Å². The molecule has 0 radical (unpaired) electrons. The van der Waals surface area contributed by atoms with Crippen LogP contribution in [0.15, 0.2) is 23.0 Å². The predicted molar refractivity (Wildman–Crippen MR) is 106 cm³/mol. The highest BCUT2D eigenvalue weighted by Crippen LogP contribution is 2.17. The second-order valence-electron chi connectivity index (χ2n) is 7.00. The van der Waals surface area contributed by atoms with Crippen LogP contribution in [0.25, 0.3) is 10.9 Å². The Labute approximate surface area is 167 Å². The van der Waals surface area contributed by atoms with Gasteiger partial charge in [0.25, 0.3) is 11.5 Å². The molecule has 1 aromatic heterocycles. The van der Waals surface area contributed by atoms with Gasteiger partial charge in [0.1, 0.15) is 5.82 Å². The molecule has 0 bridgehead atoms. The van der Waals surface area contributed by atoms with E-state index in [1.54, 1.807) is 10.6 Å². The Morgan fingerprint density at radius 2 is 1.93 bits per heavy atom. The summed E-state index contributed by atoms with van der Waals surface area (Å²) in [6.45, 7) is 2.02. The molecular formula is C20H24N4O5. The van der Waals surface area contributed by atoms with Crippen molar-refractivity contribution in [1.82, 2.24) is 20.2 Å². The molecule has 154 valence electrons. The van der Waals surface area contributed by atoms with Gasteiger partial charge in [0.2, 0.25) is 0 Å². The lowest BCUT2D eigenvalue weighted by Crippen LogP contribution is -2.43. The molecular weight excluding hydrogens is 376 g/mol. The summed E-state index contributed by atoms with van der Waals surface area (Å²) in [5.74, 6) is -0.748. The maximum absolute atomic E-state index is 12.8. The van der Waals surface area contributed by atoms with Crippen LogP contribution in [0, 0.1) is 0 Å². The predicted octanol–water partition coefficient (Wildman–Crippen LogP) is 1.51. The van der Waals surface area contributed by atoms with E-state index >= 15 is 0 Å². The van der Waals surface area contributed by atoms with Gasteiger partial charge < -0.3 is 10.1 Å². The van der Waals surface area contributed by atoms with Crippen LogP contribution in [0.2, 0.25) is 0 Å². The number of nitrogens with one attached hydrogen (secondary N) is 2. The van der Waals surface area contributed by atoms with Gasteiger partial charge in [-0.1, -0.05) is 12.8 Å². The van der Waals surface area contributed by atoms with Gasteiger partial charge in [-0.05, 0) is 38.0 Å². The Hall–Kier alpha value is -3.23. The standard InChI is InChI=1S/C20H24N4O5/c1-12(17(25)23-20(28)21-2)29-19(27)13-8-9-14-15(11-13)22-16-7-5-3-4-6-10-24(16)18(14)26/h8-9,11-12H,3-7,10H2,1-2H3,(H2,21,23,25,28). The van der Waals surface area contributed by atoms with Crippen LogP contribution in [0.1, 0.15) is 48.8 Å². The van der Waals surface area contributed by atoms with Crippen molar-refractivity contribution in [2.45, 2.75) is 51.7 Å². The number of esters is 1. The van der Waals surface area contributed by atoms with E-state index < -0.39 is 24.0 Å². The highest BCUT2D eigenvalue weighted by molar-refractivity contribution is 5.99. The fourth-order valence-corrected chi connectivity index (χ4v) is 3.28. The molecule has 0 saturated carbocycles. The van der Waals surface area contributed by atoms with Crippen molar-refractivity contribution in [2.75, 3.05) is 7.05 Å². The van der Waals surface area contributed by atoms with Crippen molar-refractivity contribution < 1.29 is 19.1 Å². The summed E-state index contributed by atoms with van der Waals surface area (Å²) in [7, 11) is 1.37. The van der Waals surface area contributed by atoms with Crippen molar-refractivity contribution >= 4 is 28.8 Å². The number of aromatic nitrogens is 2. The average Bonchev–Trinajstić information content (AvgIpc) is 2.68. The number of fused-ring (bicyclic) bond motifs is 2. The molecule has 1 aliphatic rings. The quantitative estimate of drug-likeness (QED) is 0.754. The van der Waals surface area contributed by atoms with Crippen LogP contribution >= 0.6 is 0 Å². The summed E-state index contributed by atoms with van der Waals surface area (Å²) in [5, 5.41) is 4.73. The molecule has 1 atom stereocenters. The van der Waals surface area contributed by atoms with E-state index in [-0.39, 0.29) is 11.1 Å². The van der Waals surface area contributed by atoms with Crippen LogP contribution in [0.3, 0.4) is 0 Å². The Kier molecular flexibility index (Phi) is 6.26. The Bertz CT molecular complexity index is 1010. The van der Waals surface area contributed by atoms with Gasteiger partial charge in [-0.25, -0.2) is 14.6 Å². The second-order valence-corrected chi connectivity index (χ2v) is 7.00. The molecule has 29 heavy (non-hydrogen) atoms. The molecule has 3 amide bonds. The molecule has 1 unspecified atom stereocenters. The molecule has 2 aromatic rings. The third kappa shape index (κ3) is 4.61. The lowest BCUT2D eigenvalue weighted by Gasteiger charge is -2.16. The van der Waals surface area contributed by atoms with E-state index in [1.165, 1.54) is 26.1 Å². The Morgan fingerprint density at radius 1 is 1.17 bits per heavy atom. The van der Waals surface area contributed by atoms with Crippen LogP contribution in [-0.4, -0.2) is 40.6 Å². The molecule has 1 aliphatic heterocycles. The number of rotatable bonds is 3.